The molecular formula is C19H23N3O3. The largest absolute Gasteiger partial charge is 0.454 e. The quantitative estimate of drug-likeness (QED) is 0.839. The van der Waals surface area contributed by atoms with Gasteiger partial charge in [-0.1, -0.05) is 19.4 Å². The van der Waals surface area contributed by atoms with Crippen molar-refractivity contribution in [1.29, 1.82) is 0 Å². The van der Waals surface area contributed by atoms with E-state index in [-0.39, 0.29) is 12.7 Å². The lowest BCUT2D eigenvalue weighted by Crippen LogP contribution is -2.24. The molecule has 0 aliphatic carbocycles. The molecule has 0 unspecified atom stereocenters. The number of rotatable bonds is 7. The molecule has 1 aromatic carbocycles. The fourth-order valence-electron chi connectivity index (χ4n) is 2.59. The zero-order valence-electron chi connectivity index (χ0n) is 14.6. The van der Waals surface area contributed by atoms with Gasteiger partial charge in [0.25, 0.3) is 5.91 Å². The summed E-state index contributed by atoms with van der Waals surface area (Å²) in [4.78, 5) is 18.7. The minimum absolute atomic E-state index is 0.194. The number of anilines is 1. The molecule has 6 heteroatoms. The molecule has 0 radical (unpaired) electrons. The standard InChI is InChI=1S/C19H23N3O3/c1-3-4-9-22(2)15-6-7-16(20-12-15)19(23)21-11-14-5-8-17-18(10-14)25-13-24-17/h5-8,10,12H,3-4,9,11,13H2,1-2H3,(H,21,23). The van der Waals surface area contributed by atoms with E-state index in [1.807, 2.05) is 31.3 Å². The average Bonchev–Trinajstić information content (AvgIpc) is 3.12. The highest BCUT2D eigenvalue weighted by atomic mass is 16.7. The zero-order chi connectivity index (χ0) is 17.6. The first-order chi connectivity index (χ1) is 12.2. The number of hydrogen-bond donors (Lipinski definition) is 1. The Morgan fingerprint density at radius 3 is 2.84 bits per heavy atom. The van der Waals surface area contributed by atoms with E-state index < -0.39 is 0 Å². The van der Waals surface area contributed by atoms with Crippen molar-refractivity contribution in [3.05, 3.63) is 47.8 Å². The molecule has 0 saturated carbocycles. The highest BCUT2D eigenvalue weighted by Gasteiger charge is 2.14. The number of ether oxygens (including phenoxy) is 2. The topological polar surface area (TPSA) is 63.7 Å². The van der Waals surface area contributed by atoms with Gasteiger partial charge in [0.1, 0.15) is 5.69 Å². The number of unbranched alkanes of at least 4 members (excludes halogenated alkanes) is 1. The van der Waals surface area contributed by atoms with Crippen molar-refractivity contribution in [2.45, 2.75) is 26.3 Å². The van der Waals surface area contributed by atoms with Crippen molar-refractivity contribution in [2.24, 2.45) is 0 Å². The monoisotopic (exact) mass is 341 g/mol. The Labute approximate surface area is 147 Å². The third kappa shape index (κ3) is 4.21. The highest BCUT2D eigenvalue weighted by Crippen LogP contribution is 2.32. The molecule has 25 heavy (non-hydrogen) atoms. The van der Waals surface area contributed by atoms with Crippen LogP contribution in [0.5, 0.6) is 11.5 Å². The van der Waals surface area contributed by atoms with Crippen LogP contribution in [-0.4, -0.2) is 31.3 Å². The maximum atomic E-state index is 12.3. The summed E-state index contributed by atoms with van der Waals surface area (Å²) in [6.45, 7) is 3.80. The number of pyridine rings is 1. The van der Waals surface area contributed by atoms with Gasteiger partial charge in [-0.3, -0.25) is 4.79 Å². The van der Waals surface area contributed by atoms with E-state index in [0.717, 1.165) is 36.4 Å². The molecule has 1 aliphatic rings. The number of nitrogens with one attached hydrogen (secondary N) is 1. The van der Waals surface area contributed by atoms with Crippen LogP contribution in [-0.2, 0) is 6.54 Å². The maximum absolute atomic E-state index is 12.3. The lowest BCUT2D eigenvalue weighted by molar-refractivity contribution is 0.0946. The predicted molar refractivity (Wildman–Crippen MR) is 96.2 cm³/mol. The van der Waals surface area contributed by atoms with Crippen LogP contribution in [0.2, 0.25) is 0 Å². The summed E-state index contributed by atoms with van der Waals surface area (Å²) in [5, 5.41) is 2.88. The SMILES string of the molecule is CCCCN(C)c1ccc(C(=O)NCc2ccc3c(c2)OCO3)nc1. The van der Waals surface area contributed by atoms with Crippen LogP contribution < -0.4 is 19.7 Å². The maximum Gasteiger partial charge on any atom is 0.270 e. The van der Waals surface area contributed by atoms with E-state index in [9.17, 15) is 4.79 Å². The number of aromatic nitrogens is 1. The van der Waals surface area contributed by atoms with Crippen LogP contribution in [0.4, 0.5) is 5.69 Å². The Kier molecular flexibility index (Phi) is 5.38. The molecule has 1 aliphatic heterocycles. The van der Waals surface area contributed by atoms with Crippen LogP contribution in [0.3, 0.4) is 0 Å². The second kappa shape index (κ2) is 7.88. The van der Waals surface area contributed by atoms with Gasteiger partial charge in [-0.25, -0.2) is 4.98 Å². The first-order valence-corrected chi connectivity index (χ1v) is 8.51. The molecule has 0 saturated heterocycles. The number of fused-ring (bicyclic) bond motifs is 1. The lowest BCUT2D eigenvalue weighted by atomic mass is 10.2. The number of nitrogens with zero attached hydrogens (tertiary/aromatic N) is 2. The smallest absolute Gasteiger partial charge is 0.270 e. The summed E-state index contributed by atoms with van der Waals surface area (Å²) >= 11 is 0. The fraction of sp³-hybridized carbons (Fsp3) is 0.368. The average molecular weight is 341 g/mol. The molecule has 3 rings (SSSR count). The molecule has 0 atom stereocenters. The Bertz CT molecular complexity index is 731. The summed E-state index contributed by atoms with van der Waals surface area (Å²) in [7, 11) is 2.03. The van der Waals surface area contributed by atoms with Crippen LogP contribution in [0.1, 0.15) is 35.8 Å². The molecule has 1 aromatic heterocycles. The van der Waals surface area contributed by atoms with Crippen molar-refractivity contribution in [3.63, 3.8) is 0 Å². The van der Waals surface area contributed by atoms with E-state index in [4.69, 9.17) is 9.47 Å². The van der Waals surface area contributed by atoms with Crippen LogP contribution in [0.15, 0.2) is 36.5 Å². The van der Waals surface area contributed by atoms with Crippen LogP contribution in [0.25, 0.3) is 0 Å². The molecule has 0 bridgehead atoms. The number of hydrogen-bond acceptors (Lipinski definition) is 5. The third-order valence-corrected chi connectivity index (χ3v) is 4.16. The van der Waals surface area contributed by atoms with Gasteiger partial charge >= 0.3 is 0 Å². The second-order valence-electron chi connectivity index (χ2n) is 6.05. The fourth-order valence-corrected chi connectivity index (χ4v) is 2.59. The normalized spacial score (nSPS) is 12.1. The van der Waals surface area contributed by atoms with Crippen molar-refractivity contribution in [2.75, 3.05) is 25.3 Å². The zero-order valence-corrected chi connectivity index (χ0v) is 14.6. The van der Waals surface area contributed by atoms with Gasteiger partial charge < -0.3 is 19.7 Å². The van der Waals surface area contributed by atoms with E-state index in [2.05, 4.69) is 22.1 Å². The first-order valence-electron chi connectivity index (χ1n) is 8.51. The van der Waals surface area contributed by atoms with Gasteiger partial charge in [0.05, 0.1) is 11.9 Å². The molecule has 6 nitrogen and oxygen atoms in total. The van der Waals surface area contributed by atoms with E-state index in [0.29, 0.717) is 18.0 Å². The summed E-state index contributed by atoms with van der Waals surface area (Å²) in [6.07, 6.45) is 4.03. The van der Waals surface area contributed by atoms with E-state index >= 15 is 0 Å². The lowest BCUT2D eigenvalue weighted by Gasteiger charge is -2.18. The molecule has 0 spiro atoms. The molecule has 2 aromatic rings. The summed E-state index contributed by atoms with van der Waals surface area (Å²) in [6, 6.07) is 9.32. The van der Waals surface area contributed by atoms with Gasteiger partial charge in [-0.05, 0) is 36.2 Å². The summed E-state index contributed by atoms with van der Waals surface area (Å²) in [5.41, 5.74) is 2.38. The van der Waals surface area contributed by atoms with Crippen molar-refractivity contribution < 1.29 is 14.3 Å². The van der Waals surface area contributed by atoms with E-state index in [1.54, 1.807) is 12.3 Å². The Balaban J connectivity index is 1.56. The molecule has 2 heterocycles. The summed E-state index contributed by atoms with van der Waals surface area (Å²) < 4.78 is 10.6. The minimum atomic E-state index is -0.194. The van der Waals surface area contributed by atoms with Crippen LogP contribution >= 0.6 is 0 Å². The molecule has 0 fully saturated rings. The molecular weight excluding hydrogens is 318 g/mol. The Morgan fingerprint density at radius 1 is 1.24 bits per heavy atom. The molecule has 1 N–H and O–H groups in total. The minimum Gasteiger partial charge on any atom is -0.454 e. The van der Waals surface area contributed by atoms with Crippen molar-refractivity contribution in [3.8, 4) is 11.5 Å². The van der Waals surface area contributed by atoms with Gasteiger partial charge in [-0.15, -0.1) is 0 Å². The van der Waals surface area contributed by atoms with Gasteiger partial charge in [0.15, 0.2) is 11.5 Å². The predicted octanol–water partition coefficient (Wildman–Crippen LogP) is 2.98. The first kappa shape index (κ1) is 17.1. The number of benzene rings is 1. The van der Waals surface area contributed by atoms with Gasteiger partial charge in [-0.2, -0.15) is 0 Å². The Morgan fingerprint density at radius 2 is 2.08 bits per heavy atom. The Hall–Kier alpha value is -2.76. The second-order valence-corrected chi connectivity index (χ2v) is 6.05. The number of amides is 1. The molecule has 1 amide bonds. The summed E-state index contributed by atoms with van der Waals surface area (Å²) in [5.74, 6) is 1.25. The number of carbonyl (C=O) groups is 1. The van der Waals surface area contributed by atoms with E-state index in [1.165, 1.54) is 0 Å². The van der Waals surface area contributed by atoms with Crippen molar-refractivity contribution in [1.82, 2.24) is 10.3 Å². The number of carbonyl (C=O) groups excluding carboxylic acids is 1. The third-order valence-electron chi connectivity index (χ3n) is 4.16. The van der Waals surface area contributed by atoms with Crippen molar-refractivity contribution >= 4 is 11.6 Å². The molecule has 132 valence electrons. The highest BCUT2D eigenvalue weighted by molar-refractivity contribution is 5.92. The van der Waals surface area contributed by atoms with Gasteiger partial charge in [0, 0.05) is 20.1 Å². The van der Waals surface area contributed by atoms with Crippen LogP contribution in [0, 0.1) is 0 Å². The van der Waals surface area contributed by atoms with Gasteiger partial charge in [0.2, 0.25) is 6.79 Å².